The van der Waals surface area contributed by atoms with Crippen molar-refractivity contribution < 1.29 is 0 Å². The molecule has 0 amide bonds. The van der Waals surface area contributed by atoms with E-state index in [9.17, 15) is 0 Å². The van der Waals surface area contributed by atoms with E-state index in [2.05, 4.69) is 240 Å². The van der Waals surface area contributed by atoms with Gasteiger partial charge in [-0.15, -0.1) is 0 Å². The third-order valence-electron chi connectivity index (χ3n) is 13.8. The van der Waals surface area contributed by atoms with Crippen LogP contribution in [0.25, 0.3) is 98.4 Å². The first-order valence-corrected chi connectivity index (χ1v) is 22.2. The van der Waals surface area contributed by atoms with Crippen molar-refractivity contribution >= 4 is 88.0 Å². The van der Waals surface area contributed by atoms with Crippen LogP contribution in [0.1, 0.15) is 0 Å². The highest BCUT2D eigenvalue weighted by Crippen LogP contribution is 2.55. The maximum absolute atomic E-state index is 2.51. The van der Waals surface area contributed by atoms with Crippen LogP contribution in [-0.2, 0) is 0 Å². The van der Waals surface area contributed by atoms with Gasteiger partial charge >= 0.3 is 0 Å². The van der Waals surface area contributed by atoms with Gasteiger partial charge in [0.25, 0.3) is 0 Å². The van der Waals surface area contributed by atoms with E-state index in [1.54, 1.807) is 0 Å². The van der Waals surface area contributed by atoms with Crippen LogP contribution in [0.5, 0.6) is 0 Å². The average Bonchev–Trinajstić information content (AvgIpc) is 3.85. The molecule has 0 atom stereocenters. The Morgan fingerprint density at radius 1 is 0.203 bits per heavy atom. The van der Waals surface area contributed by atoms with E-state index in [-0.39, 0.29) is 0 Å². The Labute approximate surface area is 371 Å². The van der Waals surface area contributed by atoms with Gasteiger partial charge in [0.1, 0.15) is 0 Å². The molecule has 0 saturated carbocycles. The predicted molar refractivity (Wildman–Crippen MR) is 272 cm³/mol. The van der Waals surface area contributed by atoms with Gasteiger partial charge in [0.05, 0.1) is 11.4 Å². The van der Waals surface area contributed by atoms with Gasteiger partial charge < -0.3 is 9.80 Å². The fraction of sp³-hybridized carbons (Fsp3) is 0. The average molecular weight is 811 g/mol. The third-order valence-corrected chi connectivity index (χ3v) is 13.8. The molecule has 0 saturated heterocycles. The molecule has 0 unspecified atom stereocenters. The lowest BCUT2D eigenvalue weighted by Gasteiger charge is -2.30. The molecule has 2 aliphatic carbocycles. The molecule has 0 bridgehead atoms. The molecule has 0 fully saturated rings. The zero-order valence-electron chi connectivity index (χ0n) is 34.8. The maximum Gasteiger partial charge on any atom is 0.0546 e. The molecule has 12 aromatic rings. The molecule has 2 nitrogen and oxygen atoms in total. The molecule has 12 aromatic carbocycles. The van der Waals surface area contributed by atoms with Crippen LogP contribution in [0.4, 0.5) is 34.1 Å². The number of para-hydroxylation sites is 4. The Morgan fingerprint density at radius 2 is 0.469 bits per heavy atom. The first-order valence-electron chi connectivity index (χ1n) is 22.2. The molecular formula is C62H38N2. The SMILES string of the molecule is c1ccc(N(c2ccccc2)c2cc3c4cc5c(cc4c(N(c4ccccc4)c4ccccc4)cc3c3cc4c(cc23)-c2cccc3cccc-4c23)-c2cccc3cccc-5c23)cc1. The van der Waals surface area contributed by atoms with Gasteiger partial charge in [-0.25, -0.2) is 0 Å². The van der Waals surface area contributed by atoms with Gasteiger partial charge in [0.15, 0.2) is 0 Å². The van der Waals surface area contributed by atoms with Gasteiger partial charge in [-0.1, -0.05) is 146 Å². The van der Waals surface area contributed by atoms with Crippen LogP contribution in [0.2, 0.25) is 0 Å². The van der Waals surface area contributed by atoms with Crippen LogP contribution in [0.15, 0.2) is 231 Å². The lowest BCUT2D eigenvalue weighted by molar-refractivity contribution is 1.30. The largest absolute Gasteiger partial charge is 0.310 e. The van der Waals surface area contributed by atoms with E-state index >= 15 is 0 Å². The van der Waals surface area contributed by atoms with Gasteiger partial charge in [-0.2, -0.15) is 0 Å². The highest BCUT2D eigenvalue weighted by molar-refractivity contribution is 6.29. The summed E-state index contributed by atoms with van der Waals surface area (Å²) in [6, 6.07) is 85.5. The highest BCUT2D eigenvalue weighted by atomic mass is 15.1. The van der Waals surface area contributed by atoms with Gasteiger partial charge in [0, 0.05) is 33.5 Å². The molecule has 0 spiro atoms. The summed E-state index contributed by atoms with van der Waals surface area (Å²) in [7, 11) is 0. The molecule has 0 aliphatic heterocycles. The molecule has 2 aliphatic rings. The van der Waals surface area contributed by atoms with E-state index in [1.165, 1.54) is 98.4 Å². The number of hydrogen-bond donors (Lipinski definition) is 0. The summed E-state index contributed by atoms with van der Waals surface area (Å²) < 4.78 is 0. The second-order valence-corrected chi connectivity index (χ2v) is 17.2. The Balaban J connectivity index is 1.18. The van der Waals surface area contributed by atoms with E-state index in [1.807, 2.05) is 0 Å². The van der Waals surface area contributed by atoms with Crippen LogP contribution in [0.3, 0.4) is 0 Å². The summed E-state index contributed by atoms with van der Waals surface area (Å²) in [6.45, 7) is 0. The van der Waals surface area contributed by atoms with Crippen molar-refractivity contribution in [2.75, 3.05) is 9.80 Å². The summed E-state index contributed by atoms with van der Waals surface area (Å²) in [6.07, 6.45) is 0. The second kappa shape index (κ2) is 13.5. The molecule has 0 aromatic heterocycles. The van der Waals surface area contributed by atoms with E-state index in [4.69, 9.17) is 0 Å². The Morgan fingerprint density at radius 3 is 0.766 bits per heavy atom. The number of anilines is 6. The van der Waals surface area contributed by atoms with Crippen LogP contribution in [0, 0.1) is 0 Å². The van der Waals surface area contributed by atoms with Crippen molar-refractivity contribution in [3.8, 4) is 44.5 Å². The van der Waals surface area contributed by atoms with Crippen LogP contribution >= 0.6 is 0 Å². The molecule has 0 heterocycles. The fourth-order valence-corrected chi connectivity index (χ4v) is 11.1. The summed E-state index contributed by atoms with van der Waals surface area (Å²) in [5, 5.41) is 12.5. The van der Waals surface area contributed by atoms with Crippen molar-refractivity contribution in [3.05, 3.63) is 231 Å². The van der Waals surface area contributed by atoms with Crippen molar-refractivity contribution in [1.82, 2.24) is 0 Å². The predicted octanol–water partition coefficient (Wildman–Crippen LogP) is 17.7. The first-order chi connectivity index (χ1) is 31.8. The fourth-order valence-electron chi connectivity index (χ4n) is 11.1. The Bertz CT molecular complexity index is 3530. The topological polar surface area (TPSA) is 6.48 Å². The normalized spacial score (nSPS) is 12.1. The lowest BCUT2D eigenvalue weighted by atomic mass is 9.88. The summed E-state index contributed by atoms with van der Waals surface area (Å²) in [5.41, 5.74) is 17.1. The smallest absolute Gasteiger partial charge is 0.0546 e. The Kier molecular flexibility index (Phi) is 7.43. The number of benzene rings is 12. The van der Waals surface area contributed by atoms with Gasteiger partial charge in [-0.3, -0.25) is 0 Å². The molecule has 296 valence electrons. The molecule has 0 N–H and O–H groups in total. The first kappa shape index (κ1) is 35.2. The minimum Gasteiger partial charge on any atom is -0.310 e. The number of fused-ring (bicyclic) bond motifs is 11. The number of rotatable bonds is 6. The van der Waals surface area contributed by atoms with E-state index in [0.717, 1.165) is 34.1 Å². The third kappa shape index (κ3) is 5.02. The monoisotopic (exact) mass is 810 g/mol. The van der Waals surface area contributed by atoms with Crippen molar-refractivity contribution in [1.29, 1.82) is 0 Å². The summed E-state index contributed by atoms with van der Waals surface area (Å²) >= 11 is 0. The lowest BCUT2D eigenvalue weighted by Crippen LogP contribution is -2.12. The van der Waals surface area contributed by atoms with Crippen LogP contribution < -0.4 is 9.80 Å². The van der Waals surface area contributed by atoms with Gasteiger partial charge in [0.2, 0.25) is 0 Å². The zero-order chi connectivity index (χ0) is 41.9. The quantitative estimate of drug-likeness (QED) is 0.154. The molecule has 64 heavy (non-hydrogen) atoms. The molecule has 14 rings (SSSR count). The highest BCUT2D eigenvalue weighted by Gasteiger charge is 2.29. The van der Waals surface area contributed by atoms with Crippen LogP contribution in [-0.4, -0.2) is 0 Å². The molecule has 0 radical (unpaired) electrons. The zero-order valence-corrected chi connectivity index (χ0v) is 34.8. The van der Waals surface area contributed by atoms with Crippen molar-refractivity contribution in [3.63, 3.8) is 0 Å². The van der Waals surface area contributed by atoms with Crippen molar-refractivity contribution in [2.24, 2.45) is 0 Å². The van der Waals surface area contributed by atoms with Gasteiger partial charge in [-0.05, 0) is 173 Å². The minimum atomic E-state index is 1.11. The minimum absolute atomic E-state index is 1.11. The van der Waals surface area contributed by atoms with Crippen molar-refractivity contribution in [2.45, 2.75) is 0 Å². The number of hydrogen-bond acceptors (Lipinski definition) is 2. The molecular weight excluding hydrogens is 773 g/mol. The number of nitrogens with zero attached hydrogens (tertiary/aromatic N) is 2. The second-order valence-electron chi connectivity index (χ2n) is 17.2. The standard InChI is InChI=1S/C62H38N2/c1-5-21-41(22-6-1)63(42-23-7-2-8-24-42)59-37-55-54-34-50-46-30-14-18-40-20-16-32-48(62(40)46)52(50)36-58(54)60(64(43-25-9-3-10-26-43)44-27-11-4-12-28-44)38-56(55)53-33-49-45-29-13-17-39-19-15-31-47(61(39)45)51(49)35-57(53)59/h1-38H. The Hall–Kier alpha value is -8.46. The van der Waals surface area contributed by atoms with E-state index in [0.29, 0.717) is 0 Å². The molecule has 2 heteroatoms. The summed E-state index contributed by atoms with van der Waals surface area (Å²) in [5.74, 6) is 0. The van der Waals surface area contributed by atoms with E-state index < -0.39 is 0 Å². The summed E-state index contributed by atoms with van der Waals surface area (Å²) in [4.78, 5) is 4.92. The maximum atomic E-state index is 2.51.